The van der Waals surface area contributed by atoms with E-state index in [1.54, 1.807) is 24.3 Å². The van der Waals surface area contributed by atoms with Gasteiger partial charge in [0.05, 0.1) is 68.7 Å². The van der Waals surface area contributed by atoms with Gasteiger partial charge in [-0.15, -0.1) is 0 Å². The predicted molar refractivity (Wildman–Crippen MR) is 126 cm³/mol. The maximum absolute atomic E-state index is 12.2. The Hall–Kier alpha value is -3.82. The summed E-state index contributed by atoms with van der Waals surface area (Å²) in [6.07, 6.45) is 0.414. The monoisotopic (exact) mass is 492 g/mol. The summed E-state index contributed by atoms with van der Waals surface area (Å²) < 4.78 is 42.2. The highest BCUT2D eigenvalue weighted by atomic mass is 16.6. The van der Waals surface area contributed by atoms with Crippen LogP contribution in [0, 0.1) is 0 Å². The van der Waals surface area contributed by atoms with Crippen LogP contribution < -0.4 is 28.4 Å². The molecule has 0 unspecified atom stereocenters. The number of esters is 2. The Morgan fingerprint density at radius 3 is 1.11 bits per heavy atom. The lowest BCUT2D eigenvalue weighted by Crippen LogP contribution is -2.13. The molecule has 0 saturated heterocycles. The van der Waals surface area contributed by atoms with E-state index in [4.69, 9.17) is 37.9 Å². The first kappa shape index (κ1) is 27.4. The van der Waals surface area contributed by atoms with Gasteiger partial charge in [0.15, 0.2) is 23.0 Å². The maximum Gasteiger partial charge on any atom is 0.310 e. The van der Waals surface area contributed by atoms with Crippen molar-refractivity contribution in [1.29, 1.82) is 0 Å². The van der Waals surface area contributed by atoms with Crippen molar-refractivity contribution in [3.63, 3.8) is 0 Å². The largest absolute Gasteiger partial charge is 0.493 e. The van der Waals surface area contributed by atoms with Crippen molar-refractivity contribution in [2.45, 2.75) is 19.3 Å². The third-order valence-electron chi connectivity index (χ3n) is 4.96. The molecule has 0 atom stereocenters. The van der Waals surface area contributed by atoms with Gasteiger partial charge < -0.3 is 37.9 Å². The molecule has 2 rings (SSSR count). The van der Waals surface area contributed by atoms with Crippen molar-refractivity contribution in [1.82, 2.24) is 0 Å². The summed E-state index contributed by atoms with van der Waals surface area (Å²) in [4.78, 5) is 24.4. The van der Waals surface area contributed by atoms with E-state index in [2.05, 4.69) is 0 Å². The predicted octanol–water partition coefficient (Wildman–Crippen LogP) is 3.00. The van der Waals surface area contributed by atoms with E-state index in [9.17, 15) is 9.59 Å². The zero-order valence-electron chi connectivity index (χ0n) is 20.9. The van der Waals surface area contributed by atoms with Crippen LogP contribution in [0.15, 0.2) is 24.3 Å². The van der Waals surface area contributed by atoms with E-state index >= 15 is 0 Å². The van der Waals surface area contributed by atoms with Gasteiger partial charge in [-0.3, -0.25) is 9.59 Å². The molecule has 0 amide bonds. The number of carbonyl (C=O) groups is 2. The first-order valence-electron chi connectivity index (χ1n) is 10.8. The fraction of sp³-hybridized carbons (Fsp3) is 0.440. The second-order valence-electron chi connectivity index (χ2n) is 7.22. The molecular formula is C25H32O10. The molecule has 2 aromatic rings. The van der Waals surface area contributed by atoms with Crippen molar-refractivity contribution in [2.75, 3.05) is 55.9 Å². The van der Waals surface area contributed by atoms with Crippen LogP contribution in [-0.2, 0) is 31.9 Å². The van der Waals surface area contributed by atoms with Crippen LogP contribution in [-0.4, -0.2) is 67.8 Å². The molecule has 0 aliphatic heterocycles. The normalized spacial score (nSPS) is 10.2. The van der Waals surface area contributed by atoms with Gasteiger partial charge in [0.1, 0.15) is 0 Å². The molecule has 2 aromatic carbocycles. The fourth-order valence-electron chi connectivity index (χ4n) is 3.34. The minimum atomic E-state index is -0.428. The summed E-state index contributed by atoms with van der Waals surface area (Å²) >= 11 is 0. The minimum absolute atomic E-state index is 0.0254. The molecule has 0 heterocycles. The van der Waals surface area contributed by atoms with Gasteiger partial charge in [0.25, 0.3) is 0 Å². The molecule has 0 aromatic heterocycles. The van der Waals surface area contributed by atoms with Crippen LogP contribution in [0.3, 0.4) is 0 Å². The molecule has 0 saturated carbocycles. The Morgan fingerprint density at radius 1 is 0.543 bits per heavy atom. The lowest BCUT2D eigenvalue weighted by atomic mass is 10.1. The van der Waals surface area contributed by atoms with E-state index in [1.807, 2.05) is 0 Å². The van der Waals surface area contributed by atoms with Gasteiger partial charge in [-0.1, -0.05) is 0 Å². The van der Waals surface area contributed by atoms with Crippen LogP contribution in [0.1, 0.15) is 17.5 Å². The summed E-state index contributed by atoms with van der Waals surface area (Å²) in [5, 5.41) is 0. The van der Waals surface area contributed by atoms with E-state index < -0.39 is 11.9 Å². The van der Waals surface area contributed by atoms with Crippen molar-refractivity contribution < 1.29 is 47.5 Å². The minimum Gasteiger partial charge on any atom is -0.493 e. The second kappa shape index (κ2) is 13.8. The van der Waals surface area contributed by atoms with Crippen molar-refractivity contribution >= 4 is 11.9 Å². The number of benzene rings is 2. The number of hydrogen-bond acceptors (Lipinski definition) is 10. The van der Waals surface area contributed by atoms with Gasteiger partial charge in [-0.2, -0.15) is 0 Å². The van der Waals surface area contributed by atoms with Crippen LogP contribution in [0.5, 0.6) is 34.5 Å². The Morgan fingerprint density at radius 2 is 0.857 bits per heavy atom. The number of rotatable bonds is 14. The zero-order valence-corrected chi connectivity index (χ0v) is 20.9. The molecule has 192 valence electrons. The smallest absolute Gasteiger partial charge is 0.310 e. The highest BCUT2D eigenvalue weighted by Gasteiger charge is 2.17. The SMILES string of the molecule is COc1cc(CC(=O)OCCCOC(=O)Cc2cc(OC)c(OC)c(OC)c2)cc(OC)c1OC. The van der Waals surface area contributed by atoms with Crippen LogP contribution in [0.25, 0.3) is 0 Å². The third-order valence-corrected chi connectivity index (χ3v) is 4.96. The number of ether oxygens (including phenoxy) is 8. The summed E-state index contributed by atoms with van der Waals surface area (Å²) in [6, 6.07) is 6.75. The molecule has 0 aliphatic rings. The van der Waals surface area contributed by atoms with E-state index in [0.29, 0.717) is 52.0 Å². The van der Waals surface area contributed by atoms with E-state index in [1.165, 1.54) is 42.7 Å². The average Bonchev–Trinajstić information content (AvgIpc) is 2.86. The number of hydrogen-bond donors (Lipinski definition) is 0. The van der Waals surface area contributed by atoms with Gasteiger partial charge in [0.2, 0.25) is 11.5 Å². The van der Waals surface area contributed by atoms with Gasteiger partial charge in [-0.05, 0) is 35.4 Å². The van der Waals surface area contributed by atoms with Crippen molar-refractivity contribution in [3.8, 4) is 34.5 Å². The standard InChI is InChI=1S/C25H32O10/c1-28-18-10-16(11-19(29-2)24(18)32-5)14-22(26)34-8-7-9-35-23(27)15-17-12-20(30-3)25(33-6)21(13-17)31-4/h10-13H,7-9,14-15H2,1-6H3. The fourth-order valence-corrected chi connectivity index (χ4v) is 3.34. The van der Waals surface area contributed by atoms with Gasteiger partial charge >= 0.3 is 11.9 Å². The molecule has 10 heteroatoms. The molecular weight excluding hydrogens is 460 g/mol. The van der Waals surface area contributed by atoms with Crippen LogP contribution in [0.4, 0.5) is 0 Å². The topological polar surface area (TPSA) is 108 Å². The summed E-state index contributed by atoms with van der Waals surface area (Å²) in [5.74, 6) is 1.84. The quantitative estimate of drug-likeness (QED) is 0.288. The lowest BCUT2D eigenvalue weighted by Gasteiger charge is -2.14. The summed E-state index contributed by atoms with van der Waals surface area (Å²) in [6.45, 7) is 0.224. The molecule has 35 heavy (non-hydrogen) atoms. The molecule has 0 aliphatic carbocycles. The molecule has 0 fully saturated rings. The zero-order chi connectivity index (χ0) is 25.8. The van der Waals surface area contributed by atoms with Crippen LogP contribution in [0.2, 0.25) is 0 Å². The van der Waals surface area contributed by atoms with Gasteiger partial charge in [-0.25, -0.2) is 0 Å². The summed E-state index contributed by atoms with van der Waals surface area (Å²) in [5.41, 5.74) is 1.31. The Labute approximate surface area is 204 Å². The Bertz CT molecular complexity index is 872. The average molecular weight is 493 g/mol. The lowest BCUT2D eigenvalue weighted by molar-refractivity contribution is -0.145. The first-order valence-corrected chi connectivity index (χ1v) is 10.8. The first-order chi connectivity index (χ1) is 16.9. The Balaban J connectivity index is 1.80. The van der Waals surface area contributed by atoms with E-state index in [0.717, 1.165) is 0 Å². The molecule has 0 spiro atoms. The highest BCUT2D eigenvalue weighted by molar-refractivity contribution is 5.74. The second-order valence-corrected chi connectivity index (χ2v) is 7.22. The summed E-state index contributed by atoms with van der Waals surface area (Å²) in [7, 11) is 9.02. The maximum atomic E-state index is 12.2. The number of methoxy groups -OCH3 is 6. The van der Waals surface area contributed by atoms with Crippen molar-refractivity contribution in [2.24, 2.45) is 0 Å². The molecule has 0 N–H and O–H groups in total. The van der Waals surface area contributed by atoms with Crippen molar-refractivity contribution in [3.05, 3.63) is 35.4 Å². The van der Waals surface area contributed by atoms with E-state index in [-0.39, 0.29) is 26.1 Å². The third kappa shape index (κ3) is 7.59. The molecule has 0 bridgehead atoms. The number of carbonyl (C=O) groups excluding carboxylic acids is 2. The molecule has 0 radical (unpaired) electrons. The highest BCUT2D eigenvalue weighted by Crippen LogP contribution is 2.39. The van der Waals surface area contributed by atoms with Gasteiger partial charge in [0, 0.05) is 6.42 Å². The van der Waals surface area contributed by atoms with Crippen LogP contribution >= 0.6 is 0 Å². The molecule has 10 nitrogen and oxygen atoms in total. The Kier molecular flexibility index (Phi) is 10.8.